The van der Waals surface area contributed by atoms with Gasteiger partial charge in [0, 0.05) is 6.42 Å². The molecule has 1 aromatic rings. The fourth-order valence-corrected chi connectivity index (χ4v) is 1.95. The summed E-state index contributed by atoms with van der Waals surface area (Å²) in [5.41, 5.74) is 5.66. The number of ether oxygens (including phenoxy) is 1. The number of rotatable bonds is 2. The first-order valence-corrected chi connectivity index (χ1v) is 4.85. The van der Waals surface area contributed by atoms with Crippen molar-refractivity contribution in [2.24, 2.45) is 0 Å². The molecule has 1 atom stereocenters. The third-order valence-corrected chi connectivity index (χ3v) is 2.67. The van der Waals surface area contributed by atoms with Crippen LogP contribution in [0.15, 0.2) is 12.1 Å². The average molecular weight is 176 g/mol. The van der Waals surface area contributed by atoms with Gasteiger partial charge in [-0.3, -0.25) is 0 Å². The van der Waals surface area contributed by atoms with Crippen molar-refractivity contribution in [2.75, 3.05) is 6.61 Å². The highest BCUT2D eigenvalue weighted by Crippen LogP contribution is 2.22. The minimum absolute atomic E-state index is 0.500. The molecule has 1 aliphatic heterocycles. The Morgan fingerprint density at radius 3 is 2.23 bits per heavy atom. The van der Waals surface area contributed by atoms with Crippen LogP contribution < -0.4 is 0 Å². The average Bonchev–Trinajstić information content (AvgIpc) is 2.79. The fourth-order valence-electron chi connectivity index (χ4n) is 1.95. The third-order valence-electron chi connectivity index (χ3n) is 2.67. The van der Waals surface area contributed by atoms with Gasteiger partial charge in [-0.2, -0.15) is 0 Å². The topological polar surface area (TPSA) is 12.5 Å². The molecule has 1 saturated heterocycles. The van der Waals surface area contributed by atoms with E-state index in [4.69, 9.17) is 4.74 Å². The van der Waals surface area contributed by atoms with Crippen molar-refractivity contribution in [3.63, 3.8) is 0 Å². The summed E-state index contributed by atoms with van der Waals surface area (Å²) in [6.45, 7) is 7.49. The molecular weight excluding hydrogens is 160 g/mol. The summed E-state index contributed by atoms with van der Waals surface area (Å²) in [6, 6.07) is 4.51. The Hall–Kier alpha value is -0.820. The van der Waals surface area contributed by atoms with Gasteiger partial charge in [0.15, 0.2) is 0 Å². The maximum absolute atomic E-state index is 5.25. The van der Waals surface area contributed by atoms with Crippen LogP contribution in [0, 0.1) is 20.8 Å². The highest BCUT2D eigenvalue weighted by Gasteiger charge is 2.23. The first-order chi connectivity index (χ1) is 6.16. The van der Waals surface area contributed by atoms with Crippen LogP contribution in [-0.2, 0) is 11.2 Å². The molecule has 13 heavy (non-hydrogen) atoms. The van der Waals surface area contributed by atoms with Crippen LogP contribution in [0.5, 0.6) is 0 Å². The van der Waals surface area contributed by atoms with Gasteiger partial charge >= 0.3 is 0 Å². The van der Waals surface area contributed by atoms with Crippen LogP contribution in [0.2, 0.25) is 0 Å². The van der Waals surface area contributed by atoms with Crippen LogP contribution >= 0.6 is 0 Å². The molecule has 1 heteroatoms. The van der Waals surface area contributed by atoms with Gasteiger partial charge in [-0.15, -0.1) is 0 Å². The molecule has 0 bridgehead atoms. The van der Waals surface area contributed by atoms with E-state index in [1.165, 1.54) is 22.3 Å². The van der Waals surface area contributed by atoms with E-state index < -0.39 is 0 Å². The van der Waals surface area contributed by atoms with Gasteiger partial charge in [0.2, 0.25) is 0 Å². The van der Waals surface area contributed by atoms with Crippen LogP contribution in [0.1, 0.15) is 22.3 Å². The molecule has 0 amide bonds. The summed E-state index contributed by atoms with van der Waals surface area (Å²) in [4.78, 5) is 0. The zero-order chi connectivity index (χ0) is 9.42. The van der Waals surface area contributed by atoms with Gasteiger partial charge in [-0.25, -0.2) is 0 Å². The lowest BCUT2D eigenvalue weighted by Crippen LogP contribution is -1.99. The van der Waals surface area contributed by atoms with Crippen molar-refractivity contribution in [3.8, 4) is 0 Å². The Morgan fingerprint density at radius 1 is 1.23 bits per heavy atom. The number of hydrogen-bond donors (Lipinski definition) is 0. The van der Waals surface area contributed by atoms with Crippen LogP contribution in [0.3, 0.4) is 0 Å². The second-order valence-electron chi connectivity index (χ2n) is 4.04. The van der Waals surface area contributed by atoms with Crippen molar-refractivity contribution >= 4 is 0 Å². The summed E-state index contributed by atoms with van der Waals surface area (Å²) >= 11 is 0. The maximum atomic E-state index is 5.25. The molecule has 2 rings (SSSR count). The van der Waals surface area contributed by atoms with Gasteiger partial charge in [-0.05, 0) is 37.5 Å². The second-order valence-corrected chi connectivity index (χ2v) is 4.04. The van der Waals surface area contributed by atoms with Crippen molar-refractivity contribution in [3.05, 3.63) is 34.4 Å². The van der Waals surface area contributed by atoms with Crippen LogP contribution in [0.25, 0.3) is 0 Å². The van der Waals surface area contributed by atoms with Gasteiger partial charge in [0.1, 0.15) is 0 Å². The summed E-state index contributed by atoms with van der Waals surface area (Å²) < 4.78 is 5.25. The quantitative estimate of drug-likeness (QED) is 0.631. The molecule has 0 aromatic heterocycles. The summed E-state index contributed by atoms with van der Waals surface area (Å²) in [5.74, 6) is 0. The Labute approximate surface area is 79.7 Å². The highest BCUT2D eigenvalue weighted by molar-refractivity contribution is 5.38. The molecule has 1 fully saturated rings. The van der Waals surface area contributed by atoms with Crippen molar-refractivity contribution in [1.29, 1.82) is 0 Å². The first-order valence-electron chi connectivity index (χ1n) is 4.85. The lowest BCUT2D eigenvalue weighted by atomic mass is 9.96. The van der Waals surface area contributed by atoms with E-state index in [1.54, 1.807) is 0 Å². The Bertz CT molecular complexity index is 301. The fraction of sp³-hybridized carbons (Fsp3) is 0.500. The number of epoxide rings is 1. The van der Waals surface area contributed by atoms with Gasteiger partial charge < -0.3 is 4.74 Å². The molecule has 1 nitrogen and oxygen atoms in total. The SMILES string of the molecule is Cc1cc(C)c(CC2CO2)c(C)c1. The molecule has 0 aliphatic carbocycles. The zero-order valence-corrected chi connectivity index (χ0v) is 8.55. The minimum atomic E-state index is 0.500. The van der Waals surface area contributed by atoms with E-state index in [0.717, 1.165) is 13.0 Å². The molecule has 0 spiro atoms. The normalized spacial score (nSPS) is 20.4. The predicted octanol–water partition coefficient (Wildman–Crippen LogP) is 2.55. The summed E-state index contributed by atoms with van der Waals surface area (Å²) in [6.07, 6.45) is 1.60. The van der Waals surface area contributed by atoms with E-state index in [0.29, 0.717) is 6.10 Å². The van der Waals surface area contributed by atoms with Gasteiger partial charge in [0.05, 0.1) is 12.7 Å². The Balaban J connectivity index is 2.31. The monoisotopic (exact) mass is 176 g/mol. The predicted molar refractivity (Wildman–Crippen MR) is 54.1 cm³/mol. The van der Waals surface area contributed by atoms with E-state index in [9.17, 15) is 0 Å². The first kappa shape index (κ1) is 8.76. The third kappa shape index (κ3) is 1.92. The smallest absolute Gasteiger partial charge is 0.0850 e. The molecule has 1 aromatic carbocycles. The standard InChI is InChI=1S/C12H16O/c1-8-4-9(2)12(10(3)5-8)6-11-7-13-11/h4-5,11H,6-7H2,1-3H3. The molecule has 0 saturated carbocycles. The van der Waals surface area contributed by atoms with E-state index >= 15 is 0 Å². The van der Waals surface area contributed by atoms with Crippen molar-refractivity contribution in [1.82, 2.24) is 0 Å². The van der Waals surface area contributed by atoms with Gasteiger partial charge in [-0.1, -0.05) is 17.7 Å². The highest BCUT2D eigenvalue weighted by atomic mass is 16.6. The lowest BCUT2D eigenvalue weighted by molar-refractivity contribution is 0.407. The number of aryl methyl sites for hydroxylation is 3. The van der Waals surface area contributed by atoms with Crippen molar-refractivity contribution < 1.29 is 4.74 Å². The Morgan fingerprint density at radius 2 is 1.77 bits per heavy atom. The second kappa shape index (κ2) is 3.15. The van der Waals surface area contributed by atoms with E-state index in [2.05, 4.69) is 32.9 Å². The number of benzene rings is 1. The summed E-state index contributed by atoms with van der Waals surface area (Å²) in [7, 11) is 0. The molecule has 1 heterocycles. The minimum Gasteiger partial charge on any atom is -0.373 e. The molecule has 0 N–H and O–H groups in total. The zero-order valence-electron chi connectivity index (χ0n) is 8.55. The van der Waals surface area contributed by atoms with Crippen LogP contribution in [0.4, 0.5) is 0 Å². The lowest BCUT2D eigenvalue weighted by Gasteiger charge is -2.09. The van der Waals surface area contributed by atoms with Crippen LogP contribution in [-0.4, -0.2) is 12.7 Å². The molecule has 0 radical (unpaired) electrons. The molecular formula is C12H16O. The Kier molecular flexibility index (Phi) is 2.12. The van der Waals surface area contributed by atoms with Crippen molar-refractivity contribution in [2.45, 2.75) is 33.3 Å². The summed E-state index contributed by atoms with van der Waals surface area (Å²) in [5, 5.41) is 0. The van der Waals surface area contributed by atoms with Gasteiger partial charge in [0.25, 0.3) is 0 Å². The maximum Gasteiger partial charge on any atom is 0.0850 e. The van der Waals surface area contributed by atoms with E-state index in [-0.39, 0.29) is 0 Å². The van der Waals surface area contributed by atoms with E-state index in [1.807, 2.05) is 0 Å². The number of hydrogen-bond acceptors (Lipinski definition) is 1. The molecule has 70 valence electrons. The largest absolute Gasteiger partial charge is 0.373 e. The molecule has 1 aliphatic rings. The molecule has 1 unspecified atom stereocenters.